The average molecular weight is 276 g/mol. The molecule has 2 aliphatic rings. The van der Waals surface area contributed by atoms with Crippen molar-refractivity contribution in [1.29, 1.82) is 0 Å². The number of nitrogens with zero attached hydrogens (tertiary/aromatic N) is 2. The fourth-order valence-electron chi connectivity index (χ4n) is 3.29. The molecule has 2 heterocycles. The van der Waals surface area contributed by atoms with Crippen molar-refractivity contribution in [2.24, 2.45) is 0 Å². The molecule has 1 aliphatic heterocycles. The summed E-state index contributed by atoms with van der Waals surface area (Å²) < 4.78 is 0. The molecule has 2 atom stereocenters. The molecule has 0 spiro atoms. The van der Waals surface area contributed by atoms with E-state index in [-0.39, 0.29) is 6.04 Å². The molecule has 1 aromatic heterocycles. The van der Waals surface area contributed by atoms with Crippen molar-refractivity contribution in [3.8, 4) is 0 Å². The van der Waals surface area contributed by atoms with Crippen LogP contribution in [-0.4, -0.2) is 11.0 Å². The van der Waals surface area contributed by atoms with Gasteiger partial charge in [-0.25, -0.2) is 4.98 Å². The zero-order valence-electron chi connectivity index (χ0n) is 11.5. The van der Waals surface area contributed by atoms with Crippen LogP contribution in [0.2, 0.25) is 0 Å². The smallest absolute Gasteiger partial charge is 0.127 e. The third kappa shape index (κ3) is 1.80. The monoisotopic (exact) mass is 276 g/mol. The van der Waals surface area contributed by atoms with E-state index in [2.05, 4.69) is 58.5 Å². The molecule has 2 aromatic rings. The highest BCUT2D eigenvalue weighted by Crippen LogP contribution is 2.47. The third-order valence-electron chi connectivity index (χ3n) is 4.09. The van der Waals surface area contributed by atoms with Crippen LogP contribution in [0.1, 0.15) is 11.5 Å². The highest BCUT2D eigenvalue weighted by atomic mass is 15.2. The number of pyridine rings is 1. The first-order valence-corrected chi connectivity index (χ1v) is 7.00. The summed E-state index contributed by atoms with van der Waals surface area (Å²) >= 11 is 0. The van der Waals surface area contributed by atoms with E-state index < -0.39 is 0 Å². The van der Waals surface area contributed by atoms with Crippen LogP contribution in [-0.2, 0) is 0 Å². The Morgan fingerprint density at radius 2 is 1.67 bits per heavy atom. The number of nitrogens with two attached hydrogens (primary N) is 2. The van der Waals surface area contributed by atoms with Crippen molar-refractivity contribution in [2.45, 2.75) is 12.0 Å². The number of aromatic nitrogens is 1. The Balaban J connectivity index is 1.91. The second-order valence-corrected chi connectivity index (χ2v) is 5.39. The summed E-state index contributed by atoms with van der Waals surface area (Å²) in [5.74, 6) is 1.25. The van der Waals surface area contributed by atoms with Gasteiger partial charge in [-0.15, -0.1) is 0 Å². The summed E-state index contributed by atoms with van der Waals surface area (Å²) in [6.45, 7) is 0. The molecule has 21 heavy (non-hydrogen) atoms. The van der Waals surface area contributed by atoms with Gasteiger partial charge in [0, 0.05) is 29.4 Å². The molecule has 0 bridgehead atoms. The van der Waals surface area contributed by atoms with Gasteiger partial charge in [-0.05, 0) is 11.6 Å². The van der Waals surface area contributed by atoms with Crippen LogP contribution in [0.5, 0.6) is 0 Å². The number of anilines is 4. The molecule has 1 aromatic carbocycles. The molecule has 4 N–H and O–H groups in total. The predicted molar refractivity (Wildman–Crippen MR) is 86.5 cm³/mol. The number of fused-ring (bicyclic) bond motifs is 3. The molecular weight excluding hydrogens is 260 g/mol. The second kappa shape index (κ2) is 4.38. The first-order valence-electron chi connectivity index (χ1n) is 7.00. The van der Waals surface area contributed by atoms with Gasteiger partial charge < -0.3 is 16.4 Å². The van der Waals surface area contributed by atoms with Crippen molar-refractivity contribution in [3.63, 3.8) is 0 Å². The Labute approximate surface area is 123 Å². The zero-order chi connectivity index (χ0) is 14.4. The largest absolute Gasteiger partial charge is 0.384 e. The Morgan fingerprint density at radius 1 is 0.952 bits per heavy atom. The number of hydrogen-bond acceptors (Lipinski definition) is 4. The summed E-state index contributed by atoms with van der Waals surface area (Å²) in [7, 11) is 0. The Kier molecular flexibility index (Phi) is 2.51. The Morgan fingerprint density at radius 3 is 2.48 bits per heavy atom. The molecule has 0 fully saturated rings. The molecule has 0 saturated heterocycles. The molecule has 4 rings (SSSR count). The maximum absolute atomic E-state index is 5.87. The summed E-state index contributed by atoms with van der Waals surface area (Å²) in [6.07, 6.45) is 8.67. The van der Waals surface area contributed by atoms with Crippen LogP contribution in [0.25, 0.3) is 0 Å². The minimum absolute atomic E-state index is 0.258. The number of allylic oxidation sites excluding steroid dienone is 2. The molecular formula is C17H16N4. The topological polar surface area (TPSA) is 68.2 Å². The minimum Gasteiger partial charge on any atom is -0.384 e. The molecule has 0 amide bonds. The van der Waals surface area contributed by atoms with Crippen LogP contribution >= 0.6 is 0 Å². The van der Waals surface area contributed by atoms with Crippen molar-refractivity contribution in [1.82, 2.24) is 4.98 Å². The highest BCUT2D eigenvalue weighted by molar-refractivity contribution is 5.77. The van der Waals surface area contributed by atoms with Crippen molar-refractivity contribution in [2.75, 3.05) is 16.4 Å². The second-order valence-electron chi connectivity index (χ2n) is 5.39. The van der Waals surface area contributed by atoms with Gasteiger partial charge in [-0.1, -0.05) is 42.5 Å². The summed E-state index contributed by atoms with van der Waals surface area (Å²) in [4.78, 5) is 6.35. The Hall–Kier alpha value is -2.75. The molecule has 0 radical (unpaired) electrons. The van der Waals surface area contributed by atoms with Gasteiger partial charge in [0.25, 0.3) is 0 Å². The number of para-hydroxylation sites is 1. The zero-order valence-corrected chi connectivity index (χ0v) is 11.5. The summed E-state index contributed by atoms with van der Waals surface area (Å²) in [5, 5.41) is 0. The van der Waals surface area contributed by atoms with E-state index in [0.717, 1.165) is 5.69 Å². The Bertz CT molecular complexity index is 743. The number of benzene rings is 1. The lowest BCUT2D eigenvalue weighted by Crippen LogP contribution is -2.28. The SMILES string of the molecule is Nc1cc(N2c3ccccc3C3C=CC=CC32)cc(N)n1. The van der Waals surface area contributed by atoms with E-state index in [1.54, 1.807) is 0 Å². The average Bonchev–Trinajstić information content (AvgIpc) is 2.81. The van der Waals surface area contributed by atoms with Crippen LogP contribution in [0.3, 0.4) is 0 Å². The van der Waals surface area contributed by atoms with Gasteiger partial charge in [-0.3, -0.25) is 0 Å². The van der Waals surface area contributed by atoms with E-state index in [9.17, 15) is 0 Å². The lowest BCUT2D eigenvalue weighted by molar-refractivity contribution is 0.744. The normalized spacial score (nSPS) is 22.2. The van der Waals surface area contributed by atoms with Crippen LogP contribution < -0.4 is 16.4 Å². The van der Waals surface area contributed by atoms with Gasteiger partial charge in [-0.2, -0.15) is 0 Å². The highest BCUT2D eigenvalue weighted by Gasteiger charge is 2.37. The maximum atomic E-state index is 5.87. The molecule has 0 saturated carbocycles. The standard InChI is InChI=1S/C17H16N4/c18-16-9-11(10-17(19)20-16)21-14-7-3-1-5-12(14)13-6-2-4-8-15(13)21/h1-10,12,14H,(H4,18,19,20). The summed E-state index contributed by atoms with van der Waals surface area (Å²) in [5.41, 5.74) is 15.2. The van der Waals surface area contributed by atoms with Crippen LogP contribution in [0.15, 0.2) is 60.7 Å². The third-order valence-corrected chi connectivity index (χ3v) is 4.09. The quantitative estimate of drug-likeness (QED) is 0.840. The first-order chi connectivity index (χ1) is 10.2. The maximum Gasteiger partial charge on any atom is 0.127 e. The molecule has 104 valence electrons. The van der Waals surface area contributed by atoms with Gasteiger partial charge in [0.2, 0.25) is 0 Å². The van der Waals surface area contributed by atoms with E-state index in [4.69, 9.17) is 11.5 Å². The number of rotatable bonds is 1. The van der Waals surface area contributed by atoms with E-state index in [1.807, 2.05) is 12.1 Å². The molecule has 4 nitrogen and oxygen atoms in total. The van der Waals surface area contributed by atoms with Gasteiger partial charge in [0.05, 0.1) is 6.04 Å². The fourth-order valence-corrected chi connectivity index (χ4v) is 3.29. The summed E-state index contributed by atoms with van der Waals surface area (Å²) in [6, 6.07) is 12.5. The lowest BCUT2D eigenvalue weighted by atomic mass is 9.91. The van der Waals surface area contributed by atoms with Gasteiger partial charge >= 0.3 is 0 Å². The minimum atomic E-state index is 0.258. The molecule has 1 aliphatic carbocycles. The number of hydrogen-bond donors (Lipinski definition) is 2. The number of nitrogen functional groups attached to an aromatic ring is 2. The van der Waals surface area contributed by atoms with Crippen LogP contribution in [0.4, 0.5) is 23.0 Å². The molecule has 2 unspecified atom stereocenters. The lowest BCUT2D eigenvalue weighted by Gasteiger charge is -2.28. The van der Waals surface area contributed by atoms with Crippen molar-refractivity contribution in [3.05, 3.63) is 66.3 Å². The predicted octanol–water partition coefficient (Wildman–Crippen LogP) is 2.98. The van der Waals surface area contributed by atoms with E-state index in [0.29, 0.717) is 17.6 Å². The van der Waals surface area contributed by atoms with Crippen molar-refractivity contribution >= 4 is 23.0 Å². The van der Waals surface area contributed by atoms with E-state index in [1.165, 1.54) is 11.3 Å². The van der Waals surface area contributed by atoms with E-state index >= 15 is 0 Å². The first kappa shape index (κ1) is 12.0. The van der Waals surface area contributed by atoms with Crippen molar-refractivity contribution < 1.29 is 0 Å². The van der Waals surface area contributed by atoms with Crippen LogP contribution in [0, 0.1) is 0 Å². The van der Waals surface area contributed by atoms with Gasteiger partial charge in [0.1, 0.15) is 11.6 Å². The fraction of sp³-hybridized carbons (Fsp3) is 0.118. The van der Waals surface area contributed by atoms with Gasteiger partial charge in [0.15, 0.2) is 0 Å². The molecule has 4 heteroatoms.